The Bertz CT molecular complexity index is 1680. The summed E-state index contributed by atoms with van der Waals surface area (Å²) < 4.78 is 6.19. The average Bonchev–Trinajstić information content (AvgIpc) is 3.70. The van der Waals surface area contributed by atoms with E-state index in [-0.39, 0.29) is 42.9 Å². The van der Waals surface area contributed by atoms with Crippen molar-refractivity contribution in [3.05, 3.63) is 34.4 Å². The zero-order chi connectivity index (χ0) is 39.0. The molecule has 4 amide bonds. The van der Waals surface area contributed by atoms with Crippen LogP contribution < -0.4 is 26.2 Å². The third-order valence-corrected chi connectivity index (χ3v) is 11.8. The maximum atomic E-state index is 14.7. The molecule has 3 aliphatic heterocycles. The van der Waals surface area contributed by atoms with Gasteiger partial charge in [0, 0.05) is 24.4 Å². The van der Waals surface area contributed by atoms with Gasteiger partial charge < -0.3 is 25.6 Å². The van der Waals surface area contributed by atoms with Gasteiger partial charge in [-0.25, -0.2) is 0 Å². The number of ketones is 1. The van der Waals surface area contributed by atoms with Gasteiger partial charge in [0.25, 0.3) is 5.91 Å². The summed E-state index contributed by atoms with van der Waals surface area (Å²) in [6, 6.07) is 0.777. The van der Waals surface area contributed by atoms with Crippen molar-refractivity contribution in [2.24, 2.45) is 11.3 Å². The molecule has 12 nitrogen and oxygen atoms in total. The van der Waals surface area contributed by atoms with E-state index in [2.05, 4.69) is 21.4 Å². The maximum absolute atomic E-state index is 14.7. The molecule has 1 spiro atoms. The normalized spacial score (nSPS) is 24.8. The van der Waals surface area contributed by atoms with Crippen LogP contribution in [-0.4, -0.2) is 76.2 Å². The largest absolute Gasteiger partial charge is 0.486 e. The van der Waals surface area contributed by atoms with Gasteiger partial charge in [0.1, 0.15) is 29.0 Å². The standard InChI is InChI=1S/C41H58ClN5O7/c1-7-11-29(33(49)37(51)43-27-14-15-27)44-36(50)31-22-41(21-30(46-54-41)26-19-25-16-17-40(5,6)53-34(25)28(42)20-26)23-47(31)38(52)35(39(2,3)4)45-32(48)18-24-12-9-8-10-13-24/h19-21,24,27,29,31,35,46H,7-18,22-23H2,1-6H3,(H,43,51)(H,44,50)(H,45,48)/t29-,31-,35+,41+/m0/s1. The number of halogens is 1. The van der Waals surface area contributed by atoms with Crippen LogP contribution in [0, 0.1) is 11.3 Å². The Kier molecular flexibility index (Phi) is 11.7. The number of aryl methyl sites for hydroxylation is 1. The topological polar surface area (TPSA) is 155 Å². The first kappa shape index (κ1) is 40.0. The first-order valence-electron chi connectivity index (χ1n) is 19.9. The van der Waals surface area contributed by atoms with E-state index >= 15 is 0 Å². The molecule has 1 aromatic rings. The zero-order valence-electron chi connectivity index (χ0n) is 32.7. The molecule has 296 valence electrons. The van der Waals surface area contributed by atoms with Gasteiger partial charge in [-0.3, -0.25) is 34.3 Å². The van der Waals surface area contributed by atoms with Crippen LogP contribution >= 0.6 is 11.6 Å². The molecule has 1 aromatic carbocycles. The number of carbonyl (C=O) groups is 5. The molecule has 1 saturated heterocycles. The first-order valence-corrected chi connectivity index (χ1v) is 20.3. The predicted octanol–water partition coefficient (Wildman–Crippen LogP) is 5.29. The van der Waals surface area contributed by atoms with E-state index in [9.17, 15) is 24.0 Å². The molecule has 54 heavy (non-hydrogen) atoms. The molecule has 0 bridgehead atoms. The highest BCUT2D eigenvalue weighted by atomic mass is 35.5. The molecule has 3 heterocycles. The summed E-state index contributed by atoms with van der Waals surface area (Å²) in [5.74, 6) is -1.63. The number of fused-ring (bicyclic) bond motifs is 1. The number of rotatable bonds is 12. The number of benzene rings is 1. The van der Waals surface area contributed by atoms with Crippen LogP contribution in [0.4, 0.5) is 0 Å². The molecular formula is C41H58ClN5O7. The highest BCUT2D eigenvalue weighted by molar-refractivity contribution is 6.38. The van der Waals surface area contributed by atoms with Gasteiger partial charge in [-0.05, 0) is 93.9 Å². The summed E-state index contributed by atoms with van der Waals surface area (Å²) in [7, 11) is 0. The molecule has 2 aliphatic carbocycles. The Morgan fingerprint density at radius 1 is 1.04 bits per heavy atom. The summed E-state index contributed by atoms with van der Waals surface area (Å²) in [5.41, 5.74) is 3.32. The van der Waals surface area contributed by atoms with Crippen molar-refractivity contribution in [1.29, 1.82) is 0 Å². The third kappa shape index (κ3) is 9.24. The van der Waals surface area contributed by atoms with Crippen LogP contribution in [0.1, 0.15) is 130 Å². The minimum Gasteiger partial charge on any atom is -0.486 e. The van der Waals surface area contributed by atoms with E-state index in [1.165, 1.54) is 11.3 Å². The van der Waals surface area contributed by atoms with Gasteiger partial charge >= 0.3 is 0 Å². The van der Waals surface area contributed by atoms with Crippen LogP contribution in [0.25, 0.3) is 5.70 Å². The molecule has 6 rings (SSSR count). The Hall–Kier alpha value is -3.64. The second-order valence-electron chi connectivity index (χ2n) is 17.9. The summed E-state index contributed by atoms with van der Waals surface area (Å²) in [4.78, 5) is 76.3. The van der Waals surface area contributed by atoms with E-state index in [0.717, 1.165) is 62.5 Å². The van der Waals surface area contributed by atoms with Crippen LogP contribution in [-0.2, 0) is 35.2 Å². The fourth-order valence-corrected chi connectivity index (χ4v) is 8.47. The summed E-state index contributed by atoms with van der Waals surface area (Å²) in [6.07, 6.45) is 11.8. The third-order valence-electron chi connectivity index (χ3n) is 11.5. The smallest absolute Gasteiger partial charge is 0.289 e. The summed E-state index contributed by atoms with van der Waals surface area (Å²) in [5, 5.41) is 9.09. The van der Waals surface area contributed by atoms with E-state index < -0.39 is 52.6 Å². The van der Waals surface area contributed by atoms with Crippen LogP contribution in [0.2, 0.25) is 5.02 Å². The monoisotopic (exact) mass is 767 g/mol. The molecule has 13 heteroatoms. The molecular weight excluding hydrogens is 710 g/mol. The first-order chi connectivity index (χ1) is 25.5. The molecule has 4 N–H and O–H groups in total. The number of hydrogen-bond acceptors (Lipinski definition) is 8. The average molecular weight is 768 g/mol. The van der Waals surface area contributed by atoms with Crippen molar-refractivity contribution in [1.82, 2.24) is 26.3 Å². The van der Waals surface area contributed by atoms with Crippen molar-refractivity contribution >= 4 is 46.7 Å². The van der Waals surface area contributed by atoms with Crippen molar-refractivity contribution in [3.63, 3.8) is 0 Å². The minimum atomic E-state index is -1.12. The number of hydroxylamine groups is 1. The lowest BCUT2D eigenvalue weighted by Gasteiger charge is -2.36. The summed E-state index contributed by atoms with van der Waals surface area (Å²) >= 11 is 6.75. The number of amides is 4. The number of nitrogens with zero attached hydrogens (tertiary/aromatic N) is 1. The zero-order valence-corrected chi connectivity index (χ0v) is 33.5. The number of ether oxygens (including phenoxy) is 1. The fraction of sp³-hybridized carbons (Fsp3) is 0.683. The van der Waals surface area contributed by atoms with Crippen LogP contribution in [0.3, 0.4) is 0 Å². The second kappa shape index (κ2) is 15.8. The molecule has 5 aliphatic rings. The van der Waals surface area contributed by atoms with E-state index in [1.807, 2.05) is 59.8 Å². The van der Waals surface area contributed by atoms with E-state index in [4.69, 9.17) is 21.2 Å². The molecule has 2 saturated carbocycles. The van der Waals surface area contributed by atoms with Crippen LogP contribution in [0.5, 0.6) is 5.75 Å². The summed E-state index contributed by atoms with van der Waals surface area (Å²) in [6.45, 7) is 11.6. The lowest BCUT2D eigenvalue weighted by Crippen LogP contribution is -2.59. The molecule has 0 radical (unpaired) electrons. The second-order valence-corrected chi connectivity index (χ2v) is 18.3. The molecule has 0 unspecified atom stereocenters. The maximum Gasteiger partial charge on any atom is 0.289 e. The lowest BCUT2D eigenvalue weighted by molar-refractivity contribution is -0.145. The highest BCUT2D eigenvalue weighted by Gasteiger charge is 2.54. The van der Waals surface area contributed by atoms with Gasteiger partial charge in [0.15, 0.2) is 0 Å². The number of carbonyl (C=O) groups excluding carboxylic acids is 5. The molecule has 3 fully saturated rings. The van der Waals surface area contributed by atoms with Gasteiger partial charge in [-0.15, -0.1) is 0 Å². The van der Waals surface area contributed by atoms with Gasteiger partial charge in [-0.2, -0.15) is 0 Å². The van der Waals surface area contributed by atoms with Crippen molar-refractivity contribution in [2.75, 3.05) is 6.54 Å². The Balaban J connectivity index is 1.28. The lowest BCUT2D eigenvalue weighted by atomic mass is 9.84. The number of hydrogen-bond donors (Lipinski definition) is 4. The van der Waals surface area contributed by atoms with Crippen molar-refractivity contribution in [3.8, 4) is 5.75 Å². The van der Waals surface area contributed by atoms with E-state index in [1.54, 1.807) is 0 Å². The van der Waals surface area contributed by atoms with Crippen molar-refractivity contribution in [2.45, 2.75) is 160 Å². The van der Waals surface area contributed by atoms with Gasteiger partial charge in [0.05, 0.1) is 23.3 Å². The Morgan fingerprint density at radius 2 is 1.76 bits per heavy atom. The van der Waals surface area contributed by atoms with E-state index in [0.29, 0.717) is 29.3 Å². The Labute approximate surface area is 324 Å². The number of nitrogens with one attached hydrogen (secondary N) is 4. The number of Topliss-reactive ketones (excluding diaryl/α,β-unsaturated/α-hetero) is 1. The molecule has 0 aromatic heterocycles. The highest BCUT2D eigenvalue weighted by Crippen LogP contribution is 2.43. The Morgan fingerprint density at radius 3 is 2.43 bits per heavy atom. The SMILES string of the molecule is CCC[C@H](NC(=O)[C@@H]1C[C@]2(C=C(c3cc(Cl)c4c(c3)CCC(C)(C)O4)NO2)CN1C(=O)[C@@H](NC(=O)CC1CCCCC1)C(C)(C)C)C(=O)C(=O)NC1CC1. The van der Waals surface area contributed by atoms with Gasteiger partial charge in [0.2, 0.25) is 23.5 Å². The molecule has 4 atom stereocenters. The quantitative estimate of drug-likeness (QED) is 0.209. The van der Waals surface area contributed by atoms with Crippen molar-refractivity contribution < 1.29 is 33.5 Å². The number of likely N-dealkylation sites (tertiary alicyclic amines) is 1. The minimum absolute atomic E-state index is 0.00995. The van der Waals surface area contributed by atoms with Crippen LogP contribution in [0.15, 0.2) is 18.2 Å². The predicted molar refractivity (Wildman–Crippen MR) is 205 cm³/mol. The fourth-order valence-electron chi connectivity index (χ4n) is 8.19. The van der Waals surface area contributed by atoms with Gasteiger partial charge in [-0.1, -0.05) is 65.0 Å².